The van der Waals surface area contributed by atoms with Gasteiger partial charge in [-0.05, 0) is 67.6 Å². The molecule has 0 bridgehead atoms. The zero-order chi connectivity index (χ0) is 29.5. The van der Waals surface area contributed by atoms with Crippen LogP contribution in [-0.4, -0.2) is 46.6 Å². The van der Waals surface area contributed by atoms with Crippen LogP contribution < -0.4 is 15.0 Å². The molecule has 212 valence electrons. The smallest absolute Gasteiger partial charge is 0.293 e. The summed E-state index contributed by atoms with van der Waals surface area (Å²) in [5, 5.41) is 13.3. The number of nitrogens with zero attached hydrogens (tertiary/aromatic N) is 3. The van der Waals surface area contributed by atoms with Gasteiger partial charge in [-0.1, -0.05) is 34.1 Å². The average Bonchev–Trinajstić information content (AvgIpc) is 3.22. The molecule has 0 aliphatic carbocycles. The van der Waals surface area contributed by atoms with Crippen LogP contribution in [0.2, 0.25) is 0 Å². The van der Waals surface area contributed by atoms with Crippen molar-refractivity contribution in [2.75, 3.05) is 29.9 Å². The van der Waals surface area contributed by atoms with Crippen molar-refractivity contribution in [3.63, 3.8) is 0 Å². The number of rotatable bonds is 11. The third kappa shape index (κ3) is 7.53. The van der Waals surface area contributed by atoms with E-state index in [9.17, 15) is 24.5 Å². The maximum atomic E-state index is 13.2. The maximum Gasteiger partial charge on any atom is 0.293 e. The van der Waals surface area contributed by atoms with E-state index in [4.69, 9.17) is 4.74 Å². The molecule has 1 aliphatic heterocycles. The molecule has 1 N–H and O–H groups in total. The summed E-state index contributed by atoms with van der Waals surface area (Å²) in [6, 6.07) is 18.4. The van der Waals surface area contributed by atoms with Gasteiger partial charge >= 0.3 is 0 Å². The van der Waals surface area contributed by atoms with Crippen molar-refractivity contribution in [1.29, 1.82) is 0 Å². The molecule has 4 rings (SSSR count). The van der Waals surface area contributed by atoms with Gasteiger partial charge < -0.3 is 15.0 Å². The minimum Gasteiger partial charge on any atom is -0.483 e. The third-order valence-corrected chi connectivity index (χ3v) is 7.68. The second kappa shape index (κ2) is 13.5. The fourth-order valence-electron chi connectivity index (χ4n) is 4.14. The minimum absolute atomic E-state index is 0.146. The highest BCUT2D eigenvalue weighted by atomic mass is 79.9. The van der Waals surface area contributed by atoms with Crippen molar-refractivity contribution in [3.05, 3.63) is 97.3 Å². The van der Waals surface area contributed by atoms with Crippen molar-refractivity contribution in [2.24, 2.45) is 0 Å². The van der Waals surface area contributed by atoms with Crippen LogP contribution in [-0.2, 0) is 16.1 Å². The molecule has 10 nitrogen and oxygen atoms in total. The van der Waals surface area contributed by atoms with Gasteiger partial charge in [-0.25, -0.2) is 0 Å². The quantitative estimate of drug-likeness (QED) is 0.144. The van der Waals surface area contributed by atoms with E-state index in [1.165, 1.54) is 23.1 Å². The highest BCUT2D eigenvalue weighted by Crippen LogP contribution is 2.36. The van der Waals surface area contributed by atoms with Crippen LogP contribution in [0.15, 0.2) is 76.1 Å². The number of benzene rings is 3. The number of amides is 3. The van der Waals surface area contributed by atoms with E-state index >= 15 is 0 Å². The molecule has 1 heterocycles. The van der Waals surface area contributed by atoms with E-state index in [0.29, 0.717) is 11.3 Å². The summed E-state index contributed by atoms with van der Waals surface area (Å²) < 4.78 is 6.79. The lowest BCUT2D eigenvalue weighted by atomic mass is 10.1. The first-order chi connectivity index (χ1) is 19.7. The summed E-state index contributed by atoms with van der Waals surface area (Å²) in [6.07, 6.45) is 1.59. The van der Waals surface area contributed by atoms with Gasteiger partial charge in [-0.2, -0.15) is 0 Å². The molecular formula is C29H27BrN4O6S. The molecule has 3 aromatic rings. The molecule has 1 aliphatic rings. The Labute approximate surface area is 249 Å². The van der Waals surface area contributed by atoms with Crippen LogP contribution in [0, 0.1) is 10.1 Å². The van der Waals surface area contributed by atoms with Gasteiger partial charge in [0.1, 0.15) is 5.75 Å². The summed E-state index contributed by atoms with van der Waals surface area (Å²) in [7, 11) is 0. The SMILES string of the molecule is CCN(CC)c1ccc(/C=C2/SC(=O)N(Cc3ccc(Br)cc3)C2=O)c(OCC(=O)Nc2cccc([N+](=O)[O-])c2)c1. The molecule has 0 unspecified atom stereocenters. The predicted molar refractivity (Wildman–Crippen MR) is 163 cm³/mol. The number of imide groups is 1. The predicted octanol–water partition coefficient (Wildman–Crippen LogP) is 6.46. The number of nitrogens with one attached hydrogen (secondary N) is 1. The fourth-order valence-corrected chi connectivity index (χ4v) is 5.23. The van der Waals surface area contributed by atoms with Gasteiger partial charge in [-0.3, -0.25) is 29.4 Å². The number of nitro benzene ring substituents is 1. The van der Waals surface area contributed by atoms with E-state index in [2.05, 4.69) is 26.1 Å². The molecule has 0 radical (unpaired) electrons. The highest BCUT2D eigenvalue weighted by Gasteiger charge is 2.35. The molecule has 3 amide bonds. The number of hydrogen-bond donors (Lipinski definition) is 1. The first-order valence-electron chi connectivity index (χ1n) is 12.7. The molecule has 3 aromatic carbocycles. The molecule has 0 spiro atoms. The lowest BCUT2D eigenvalue weighted by molar-refractivity contribution is -0.384. The van der Waals surface area contributed by atoms with Crippen molar-refractivity contribution >= 4 is 67.9 Å². The van der Waals surface area contributed by atoms with Crippen molar-refractivity contribution in [1.82, 2.24) is 4.90 Å². The summed E-state index contributed by atoms with van der Waals surface area (Å²) in [6.45, 7) is 5.31. The van der Waals surface area contributed by atoms with Gasteiger partial charge in [0.25, 0.3) is 22.7 Å². The van der Waals surface area contributed by atoms with Gasteiger partial charge in [-0.15, -0.1) is 0 Å². The van der Waals surface area contributed by atoms with Crippen LogP contribution in [0.1, 0.15) is 25.0 Å². The van der Waals surface area contributed by atoms with Crippen molar-refractivity contribution < 1.29 is 24.0 Å². The first kappa shape index (κ1) is 29.8. The Kier molecular flexibility index (Phi) is 9.79. The summed E-state index contributed by atoms with van der Waals surface area (Å²) >= 11 is 4.23. The maximum absolute atomic E-state index is 13.2. The summed E-state index contributed by atoms with van der Waals surface area (Å²) in [5.41, 5.74) is 2.33. The monoisotopic (exact) mass is 638 g/mol. The average molecular weight is 640 g/mol. The Morgan fingerprint density at radius 3 is 2.51 bits per heavy atom. The zero-order valence-electron chi connectivity index (χ0n) is 22.3. The standard InChI is InChI=1S/C29H27BrN4O6S/c1-3-32(4-2)23-13-10-20(14-26-28(36)33(29(37)41-26)17-19-8-11-21(30)12-9-19)25(16-23)40-18-27(35)31-22-6-5-7-24(15-22)34(38)39/h5-16H,3-4,17-18H2,1-2H3,(H,31,35)/b26-14+. The number of nitro groups is 1. The van der Waals surface area contributed by atoms with Gasteiger partial charge in [0.05, 0.1) is 16.4 Å². The molecular weight excluding hydrogens is 612 g/mol. The third-order valence-electron chi connectivity index (χ3n) is 6.24. The summed E-state index contributed by atoms with van der Waals surface area (Å²) in [4.78, 5) is 52.5. The largest absolute Gasteiger partial charge is 0.483 e. The van der Waals surface area contributed by atoms with E-state index in [-0.39, 0.29) is 34.7 Å². The van der Waals surface area contributed by atoms with Crippen molar-refractivity contribution in [2.45, 2.75) is 20.4 Å². The Morgan fingerprint density at radius 2 is 1.83 bits per heavy atom. The number of halogens is 1. The molecule has 41 heavy (non-hydrogen) atoms. The zero-order valence-corrected chi connectivity index (χ0v) is 24.7. The number of ether oxygens (including phenoxy) is 1. The Morgan fingerprint density at radius 1 is 1.10 bits per heavy atom. The minimum atomic E-state index is -0.544. The number of thioether (sulfide) groups is 1. The Bertz CT molecular complexity index is 1510. The number of non-ortho nitro benzene ring substituents is 1. The molecule has 0 saturated carbocycles. The molecule has 0 aromatic heterocycles. The number of anilines is 2. The van der Waals surface area contributed by atoms with Gasteiger partial charge in [0, 0.05) is 52.7 Å². The number of hydrogen-bond acceptors (Lipinski definition) is 8. The second-order valence-electron chi connectivity index (χ2n) is 8.93. The van der Waals surface area contributed by atoms with Crippen LogP contribution in [0.25, 0.3) is 6.08 Å². The van der Waals surface area contributed by atoms with Crippen LogP contribution in [0.3, 0.4) is 0 Å². The Hall–Kier alpha value is -4.16. The number of carbonyl (C=O) groups excluding carboxylic acids is 3. The first-order valence-corrected chi connectivity index (χ1v) is 14.3. The lowest BCUT2D eigenvalue weighted by Gasteiger charge is -2.22. The van der Waals surface area contributed by atoms with E-state index in [1.54, 1.807) is 24.3 Å². The molecule has 12 heteroatoms. The van der Waals surface area contributed by atoms with Gasteiger partial charge in [0.2, 0.25) is 0 Å². The Balaban J connectivity index is 1.55. The van der Waals surface area contributed by atoms with Crippen LogP contribution >= 0.6 is 27.7 Å². The second-order valence-corrected chi connectivity index (χ2v) is 10.8. The van der Waals surface area contributed by atoms with E-state index < -0.39 is 16.7 Å². The van der Waals surface area contributed by atoms with E-state index in [0.717, 1.165) is 40.6 Å². The van der Waals surface area contributed by atoms with Crippen LogP contribution in [0.5, 0.6) is 5.75 Å². The fraction of sp³-hybridized carbons (Fsp3) is 0.207. The summed E-state index contributed by atoms with van der Waals surface area (Å²) in [5.74, 6) is -0.576. The van der Waals surface area contributed by atoms with Crippen molar-refractivity contribution in [3.8, 4) is 5.75 Å². The lowest BCUT2D eigenvalue weighted by Crippen LogP contribution is -2.27. The topological polar surface area (TPSA) is 122 Å². The number of carbonyl (C=O) groups is 3. The normalized spacial score (nSPS) is 13.9. The molecule has 1 saturated heterocycles. The molecule has 0 atom stereocenters. The van der Waals surface area contributed by atoms with E-state index in [1.807, 2.05) is 44.2 Å². The highest BCUT2D eigenvalue weighted by molar-refractivity contribution is 9.10. The van der Waals surface area contributed by atoms with Crippen LogP contribution in [0.4, 0.5) is 21.9 Å². The molecule has 1 fully saturated rings. The van der Waals surface area contributed by atoms with Gasteiger partial charge in [0.15, 0.2) is 6.61 Å².